The number of fused-ring (bicyclic) bond motifs is 1. The van der Waals surface area contributed by atoms with Crippen LogP contribution in [0, 0.1) is 16.7 Å². The average Bonchev–Trinajstić information content (AvgIpc) is 3.37. The largest absolute Gasteiger partial charge is 0.383 e. The third kappa shape index (κ3) is 6.47. The number of hydrogen-bond acceptors (Lipinski definition) is 7. The number of rotatable bonds is 11. The van der Waals surface area contributed by atoms with Crippen LogP contribution in [0.4, 0.5) is 20.2 Å². The zero-order valence-electron chi connectivity index (χ0n) is 25.9. The number of halogens is 3. The van der Waals surface area contributed by atoms with Gasteiger partial charge in [-0.05, 0) is 61.5 Å². The molecule has 1 aromatic carbocycles. The van der Waals surface area contributed by atoms with Crippen LogP contribution in [0.25, 0.3) is 16.6 Å². The van der Waals surface area contributed by atoms with Gasteiger partial charge in [0.05, 0.1) is 40.4 Å². The summed E-state index contributed by atoms with van der Waals surface area (Å²) < 4.78 is 31.1. The van der Waals surface area contributed by atoms with Gasteiger partial charge in [0.15, 0.2) is 0 Å². The van der Waals surface area contributed by atoms with Gasteiger partial charge < -0.3 is 15.2 Å². The zero-order chi connectivity index (χ0) is 32.5. The van der Waals surface area contributed by atoms with E-state index in [2.05, 4.69) is 64.3 Å². The van der Waals surface area contributed by atoms with Crippen LogP contribution in [-0.2, 0) is 5.54 Å². The summed E-state index contributed by atoms with van der Waals surface area (Å²) in [6.07, 6.45) is 10.2. The van der Waals surface area contributed by atoms with E-state index >= 15 is 0 Å². The first-order valence-electron chi connectivity index (χ1n) is 14.6. The molecular weight excluding hydrogens is 596 g/mol. The Morgan fingerprint density at radius 3 is 2.64 bits per heavy atom. The van der Waals surface area contributed by atoms with Crippen molar-refractivity contribution in [3.05, 3.63) is 89.4 Å². The lowest BCUT2D eigenvalue weighted by Crippen LogP contribution is -2.26. The van der Waals surface area contributed by atoms with Crippen LogP contribution >= 0.6 is 11.6 Å². The Labute approximate surface area is 266 Å². The van der Waals surface area contributed by atoms with E-state index in [0.717, 1.165) is 11.3 Å². The van der Waals surface area contributed by atoms with Gasteiger partial charge in [-0.1, -0.05) is 50.2 Å². The number of imidazole rings is 1. The number of nitrogens with one attached hydrogen (secondary N) is 2. The van der Waals surface area contributed by atoms with E-state index in [1.54, 1.807) is 24.8 Å². The maximum atomic E-state index is 14.0. The van der Waals surface area contributed by atoms with E-state index < -0.39 is 18.0 Å². The summed E-state index contributed by atoms with van der Waals surface area (Å²) in [6, 6.07) is 5.16. The Morgan fingerprint density at radius 1 is 1.29 bits per heavy atom. The molecule has 0 bridgehead atoms. The third-order valence-electron chi connectivity index (χ3n) is 7.90. The van der Waals surface area contributed by atoms with Gasteiger partial charge in [0.25, 0.3) is 6.43 Å². The van der Waals surface area contributed by atoms with Crippen molar-refractivity contribution in [1.29, 1.82) is 5.26 Å². The molecule has 5 rings (SSSR count). The molecule has 0 spiro atoms. The lowest BCUT2D eigenvalue weighted by molar-refractivity contribution is 0.0593. The number of nitriles is 1. The Kier molecular flexibility index (Phi) is 8.81. The van der Waals surface area contributed by atoms with Crippen molar-refractivity contribution >= 4 is 39.6 Å². The number of anilines is 2. The second-order valence-electron chi connectivity index (χ2n) is 12.5. The van der Waals surface area contributed by atoms with E-state index in [-0.39, 0.29) is 5.41 Å². The highest BCUT2D eigenvalue weighted by Crippen LogP contribution is 2.48. The van der Waals surface area contributed by atoms with Crippen LogP contribution in [0.1, 0.15) is 64.8 Å². The van der Waals surface area contributed by atoms with Crippen molar-refractivity contribution in [1.82, 2.24) is 29.5 Å². The Morgan fingerprint density at radius 2 is 2.04 bits per heavy atom. The Balaban J connectivity index is 1.63. The summed E-state index contributed by atoms with van der Waals surface area (Å²) in [5.41, 5.74) is 3.47. The molecule has 0 aliphatic heterocycles. The highest BCUT2D eigenvalue weighted by atomic mass is 35.5. The summed E-state index contributed by atoms with van der Waals surface area (Å²) in [4.78, 5) is 8.65. The molecule has 1 aliphatic carbocycles. The lowest BCUT2D eigenvalue weighted by atomic mass is 9.96. The maximum absolute atomic E-state index is 14.0. The number of hydrogen-bond donors (Lipinski definition) is 2. The number of alkyl halides is 2. The monoisotopic (exact) mass is 631 g/mol. The molecule has 1 fully saturated rings. The average molecular weight is 632 g/mol. The van der Waals surface area contributed by atoms with E-state index in [1.807, 2.05) is 42.8 Å². The number of nitrogens with zero attached hydrogens (tertiary/aromatic N) is 7. The summed E-state index contributed by atoms with van der Waals surface area (Å²) in [5, 5.41) is 26.3. The molecule has 0 amide bonds. The number of allylic oxidation sites excluding steroid dienone is 3. The molecule has 3 aromatic heterocycles. The molecule has 0 saturated heterocycles. The minimum atomic E-state index is -2.56. The van der Waals surface area contributed by atoms with Gasteiger partial charge in [0, 0.05) is 41.9 Å². The quantitative estimate of drug-likeness (QED) is 0.162. The van der Waals surface area contributed by atoms with E-state index in [9.17, 15) is 14.0 Å². The van der Waals surface area contributed by atoms with E-state index in [0.29, 0.717) is 63.5 Å². The minimum absolute atomic E-state index is 0.0580. The number of benzene rings is 1. The van der Waals surface area contributed by atoms with Crippen LogP contribution in [0.15, 0.2) is 73.1 Å². The van der Waals surface area contributed by atoms with Crippen molar-refractivity contribution in [2.45, 2.75) is 65.5 Å². The van der Waals surface area contributed by atoms with Crippen molar-refractivity contribution in [2.75, 3.05) is 17.2 Å². The minimum Gasteiger partial charge on any atom is -0.383 e. The molecule has 1 aliphatic rings. The highest BCUT2D eigenvalue weighted by Gasteiger charge is 2.54. The van der Waals surface area contributed by atoms with Crippen LogP contribution in [0.3, 0.4) is 0 Å². The van der Waals surface area contributed by atoms with Gasteiger partial charge in [0.2, 0.25) is 0 Å². The first-order valence-corrected chi connectivity index (χ1v) is 15.0. The van der Waals surface area contributed by atoms with E-state index in [4.69, 9.17) is 11.6 Å². The van der Waals surface area contributed by atoms with Crippen molar-refractivity contribution in [2.24, 2.45) is 5.41 Å². The SMILES string of the molecule is C=C(/C(C)=C(\C=C/C)n1ccnc1)[C@H](Nc1cc(Cl)c2ncc(C#N)c(NCC(C)(C)C)c2c1)c1cn(C2(C(F)F)CC2)nn1. The second kappa shape index (κ2) is 12.4. The van der Waals surface area contributed by atoms with Crippen LogP contribution < -0.4 is 10.6 Å². The van der Waals surface area contributed by atoms with Gasteiger partial charge in [-0.15, -0.1) is 5.10 Å². The molecular formula is C33H36ClF2N9. The maximum Gasteiger partial charge on any atom is 0.263 e. The van der Waals surface area contributed by atoms with Crippen molar-refractivity contribution in [3.8, 4) is 6.07 Å². The molecule has 12 heteroatoms. The fourth-order valence-corrected chi connectivity index (χ4v) is 5.39. The molecule has 45 heavy (non-hydrogen) atoms. The molecule has 9 nitrogen and oxygen atoms in total. The normalized spacial score (nSPS) is 15.6. The second-order valence-corrected chi connectivity index (χ2v) is 12.9. The van der Waals surface area contributed by atoms with Crippen LogP contribution in [0.2, 0.25) is 5.02 Å². The number of aromatic nitrogens is 6. The van der Waals surface area contributed by atoms with Gasteiger partial charge in [-0.25, -0.2) is 18.4 Å². The fourth-order valence-electron chi connectivity index (χ4n) is 5.13. The van der Waals surface area contributed by atoms with Crippen LogP contribution in [0.5, 0.6) is 0 Å². The number of pyridine rings is 1. The molecule has 3 heterocycles. The van der Waals surface area contributed by atoms with Gasteiger partial charge in [-0.3, -0.25) is 4.98 Å². The first kappa shape index (κ1) is 31.9. The summed E-state index contributed by atoms with van der Waals surface area (Å²) in [6.45, 7) is 15.2. The molecule has 1 atom stereocenters. The van der Waals surface area contributed by atoms with Gasteiger partial charge >= 0.3 is 0 Å². The lowest BCUT2D eigenvalue weighted by Gasteiger charge is -2.24. The highest BCUT2D eigenvalue weighted by molar-refractivity contribution is 6.35. The standard InChI is InChI=1S/C33H36ClF2N9/c1-7-8-27(44-12-11-38-19-44)20(2)21(3)28(26-17-45(43-42-26)33(9-10-33)31(35)36)41-23-13-24-29(40-18-32(4,5)6)22(15-37)16-39-30(24)25(34)14-23/h7-8,11-14,16-17,19,28,31,41H,3,9-10,18H2,1-2,4-6H3,(H,39,40)/b8-7-,27-20+/t28-/m0/s1. The fraction of sp³-hybridized carbons (Fsp3) is 0.364. The van der Waals surface area contributed by atoms with Crippen molar-refractivity contribution < 1.29 is 8.78 Å². The van der Waals surface area contributed by atoms with E-state index in [1.165, 1.54) is 10.9 Å². The summed E-state index contributed by atoms with van der Waals surface area (Å²) >= 11 is 6.78. The third-order valence-corrected chi connectivity index (χ3v) is 8.19. The molecule has 0 radical (unpaired) electrons. The smallest absolute Gasteiger partial charge is 0.263 e. The molecule has 2 N–H and O–H groups in total. The summed E-state index contributed by atoms with van der Waals surface area (Å²) in [5.74, 6) is 0. The van der Waals surface area contributed by atoms with Gasteiger partial charge in [0.1, 0.15) is 17.3 Å². The topological polar surface area (TPSA) is 109 Å². The first-order chi connectivity index (χ1) is 21.4. The summed E-state index contributed by atoms with van der Waals surface area (Å²) in [7, 11) is 0. The molecule has 0 unspecified atom stereocenters. The molecule has 1 saturated carbocycles. The van der Waals surface area contributed by atoms with Crippen LogP contribution in [-0.4, -0.2) is 42.5 Å². The molecule has 234 valence electrons. The Bertz CT molecular complexity index is 1820. The molecule has 4 aromatic rings. The van der Waals surface area contributed by atoms with Crippen molar-refractivity contribution in [3.63, 3.8) is 0 Å². The predicted molar refractivity (Wildman–Crippen MR) is 174 cm³/mol. The predicted octanol–water partition coefficient (Wildman–Crippen LogP) is 7.98. The van der Waals surface area contributed by atoms with Gasteiger partial charge in [-0.2, -0.15) is 5.26 Å². The Hall–Kier alpha value is -4.56. The zero-order valence-corrected chi connectivity index (χ0v) is 26.7.